The van der Waals surface area contributed by atoms with Crippen molar-refractivity contribution in [3.8, 4) is 0 Å². The average molecular weight is 286 g/mol. The van der Waals surface area contributed by atoms with Crippen LogP contribution in [0.3, 0.4) is 0 Å². The zero-order valence-electron chi connectivity index (χ0n) is 12.1. The van der Waals surface area contributed by atoms with E-state index in [1.807, 2.05) is 25.1 Å². The van der Waals surface area contributed by atoms with Gasteiger partial charge < -0.3 is 10.6 Å². The largest absolute Gasteiger partial charge is 0.397 e. The Morgan fingerprint density at radius 1 is 1.14 bits per heavy atom. The van der Waals surface area contributed by atoms with Crippen LogP contribution < -0.4 is 10.6 Å². The Bertz CT molecular complexity index is 610. The van der Waals surface area contributed by atoms with Gasteiger partial charge >= 0.3 is 0 Å². The Kier molecular flexibility index (Phi) is 4.93. The lowest BCUT2D eigenvalue weighted by molar-refractivity contribution is -0.118. The summed E-state index contributed by atoms with van der Waals surface area (Å²) in [5.74, 6) is -0.342. The Hall–Kier alpha value is -2.36. The first-order valence-electron chi connectivity index (χ1n) is 7.01. The zero-order valence-corrected chi connectivity index (χ0v) is 12.1. The molecule has 0 atom stereocenters. The molecule has 3 nitrogen and oxygen atoms in total. The highest BCUT2D eigenvalue weighted by Crippen LogP contribution is 2.23. The van der Waals surface area contributed by atoms with Crippen molar-refractivity contribution >= 4 is 17.3 Å². The number of nitrogens with zero attached hydrogens (tertiary/aromatic N) is 1. The number of rotatable bonds is 5. The molecule has 2 aromatic rings. The van der Waals surface area contributed by atoms with Crippen LogP contribution in [0.2, 0.25) is 0 Å². The molecule has 0 aliphatic rings. The summed E-state index contributed by atoms with van der Waals surface area (Å²) in [7, 11) is 0. The van der Waals surface area contributed by atoms with Crippen LogP contribution in [-0.2, 0) is 11.2 Å². The van der Waals surface area contributed by atoms with Crippen LogP contribution in [0.25, 0.3) is 0 Å². The van der Waals surface area contributed by atoms with E-state index >= 15 is 0 Å². The minimum Gasteiger partial charge on any atom is -0.397 e. The predicted octanol–water partition coefficient (Wildman–Crippen LogP) is 3.39. The van der Waals surface area contributed by atoms with E-state index in [4.69, 9.17) is 5.73 Å². The van der Waals surface area contributed by atoms with Gasteiger partial charge in [0.25, 0.3) is 0 Å². The Balaban J connectivity index is 2.20. The van der Waals surface area contributed by atoms with Gasteiger partial charge in [-0.15, -0.1) is 0 Å². The summed E-state index contributed by atoms with van der Waals surface area (Å²) in [5, 5.41) is 0. The number of halogens is 1. The highest BCUT2D eigenvalue weighted by atomic mass is 19.1. The van der Waals surface area contributed by atoms with Crippen LogP contribution in [0.4, 0.5) is 15.8 Å². The van der Waals surface area contributed by atoms with Gasteiger partial charge in [-0.25, -0.2) is 4.39 Å². The lowest BCUT2D eigenvalue weighted by atomic mass is 10.1. The van der Waals surface area contributed by atoms with E-state index in [1.165, 1.54) is 12.1 Å². The third kappa shape index (κ3) is 3.81. The van der Waals surface area contributed by atoms with Gasteiger partial charge in [-0.05, 0) is 36.2 Å². The Labute approximate surface area is 124 Å². The third-order valence-corrected chi connectivity index (χ3v) is 3.24. The molecular formula is C17H19FN2O. The molecule has 0 saturated heterocycles. The van der Waals surface area contributed by atoms with Crippen molar-refractivity contribution in [2.24, 2.45) is 0 Å². The van der Waals surface area contributed by atoms with Gasteiger partial charge in [0.1, 0.15) is 5.82 Å². The number of carbonyl (C=O) groups is 1. The fraction of sp³-hybridized carbons (Fsp3) is 0.235. The molecule has 1 amide bonds. The molecule has 0 bridgehead atoms. The lowest BCUT2D eigenvalue weighted by Gasteiger charge is -2.23. The van der Waals surface area contributed by atoms with Crippen LogP contribution >= 0.6 is 0 Å². The van der Waals surface area contributed by atoms with Crippen LogP contribution in [0.1, 0.15) is 18.9 Å². The van der Waals surface area contributed by atoms with E-state index in [-0.39, 0.29) is 18.1 Å². The molecule has 0 fully saturated rings. The monoisotopic (exact) mass is 286 g/mol. The summed E-state index contributed by atoms with van der Waals surface area (Å²) in [6.45, 7) is 2.62. The van der Waals surface area contributed by atoms with Crippen LogP contribution in [0.5, 0.6) is 0 Å². The van der Waals surface area contributed by atoms with Gasteiger partial charge in [-0.2, -0.15) is 0 Å². The van der Waals surface area contributed by atoms with E-state index in [0.29, 0.717) is 12.2 Å². The maximum absolute atomic E-state index is 12.9. The molecule has 2 N–H and O–H groups in total. The first kappa shape index (κ1) is 15.0. The van der Waals surface area contributed by atoms with Gasteiger partial charge in [0.2, 0.25) is 5.91 Å². The van der Waals surface area contributed by atoms with Crippen molar-refractivity contribution in [3.63, 3.8) is 0 Å². The van der Waals surface area contributed by atoms with Gasteiger partial charge in [0.15, 0.2) is 0 Å². The molecular weight excluding hydrogens is 267 g/mol. The first-order valence-corrected chi connectivity index (χ1v) is 7.01. The molecule has 2 aromatic carbocycles. The normalized spacial score (nSPS) is 10.4. The zero-order chi connectivity index (χ0) is 15.2. The van der Waals surface area contributed by atoms with E-state index in [1.54, 1.807) is 23.1 Å². The minimum atomic E-state index is -0.302. The molecule has 0 heterocycles. The SMILES string of the molecule is CCCN(C(=O)Cc1ccc(F)cc1)c1ccccc1N. The molecule has 0 aliphatic heterocycles. The second-order valence-electron chi connectivity index (χ2n) is 4.91. The number of hydrogen-bond acceptors (Lipinski definition) is 2. The lowest BCUT2D eigenvalue weighted by Crippen LogP contribution is -2.33. The van der Waals surface area contributed by atoms with Gasteiger partial charge in [0.05, 0.1) is 17.8 Å². The summed E-state index contributed by atoms with van der Waals surface area (Å²) in [5.41, 5.74) is 8.06. The molecule has 0 radical (unpaired) electrons. The van der Waals surface area contributed by atoms with E-state index in [0.717, 1.165) is 17.7 Å². The van der Waals surface area contributed by atoms with Crippen molar-refractivity contribution in [1.29, 1.82) is 0 Å². The van der Waals surface area contributed by atoms with Gasteiger partial charge in [-0.1, -0.05) is 31.2 Å². The number of nitrogen functional groups attached to an aromatic ring is 1. The van der Waals surface area contributed by atoms with Crippen LogP contribution in [0.15, 0.2) is 48.5 Å². The Morgan fingerprint density at radius 3 is 2.43 bits per heavy atom. The highest BCUT2D eigenvalue weighted by molar-refractivity contribution is 5.97. The second-order valence-corrected chi connectivity index (χ2v) is 4.91. The third-order valence-electron chi connectivity index (χ3n) is 3.24. The van der Waals surface area contributed by atoms with Crippen LogP contribution in [-0.4, -0.2) is 12.5 Å². The quantitative estimate of drug-likeness (QED) is 0.856. The summed E-state index contributed by atoms with van der Waals surface area (Å²) in [4.78, 5) is 14.2. The summed E-state index contributed by atoms with van der Waals surface area (Å²) < 4.78 is 12.9. The van der Waals surface area contributed by atoms with Crippen LogP contribution in [0, 0.1) is 5.82 Å². The van der Waals surface area contributed by atoms with Crippen molar-refractivity contribution in [2.45, 2.75) is 19.8 Å². The molecule has 0 spiro atoms. The molecule has 0 aliphatic carbocycles. The summed E-state index contributed by atoms with van der Waals surface area (Å²) in [6.07, 6.45) is 1.07. The summed E-state index contributed by atoms with van der Waals surface area (Å²) >= 11 is 0. The van der Waals surface area contributed by atoms with E-state index < -0.39 is 0 Å². The number of anilines is 2. The molecule has 21 heavy (non-hydrogen) atoms. The van der Waals surface area contributed by atoms with Crippen molar-refractivity contribution < 1.29 is 9.18 Å². The molecule has 0 saturated carbocycles. The molecule has 110 valence electrons. The highest BCUT2D eigenvalue weighted by Gasteiger charge is 2.17. The van der Waals surface area contributed by atoms with Crippen molar-refractivity contribution in [2.75, 3.05) is 17.2 Å². The van der Waals surface area contributed by atoms with E-state index in [2.05, 4.69) is 0 Å². The van der Waals surface area contributed by atoms with Crippen molar-refractivity contribution in [3.05, 3.63) is 59.9 Å². The molecule has 4 heteroatoms. The number of hydrogen-bond donors (Lipinski definition) is 1. The van der Waals surface area contributed by atoms with Gasteiger partial charge in [-0.3, -0.25) is 4.79 Å². The smallest absolute Gasteiger partial charge is 0.231 e. The maximum Gasteiger partial charge on any atom is 0.231 e. The topological polar surface area (TPSA) is 46.3 Å². The first-order chi connectivity index (χ1) is 10.1. The van der Waals surface area contributed by atoms with Gasteiger partial charge in [0, 0.05) is 6.54 Å². The van der Waals surface area contributed by atoms with Crippen molar-refractivity contribution in [1.82, 2.24) is 0 Å². The molecule has 0 aromatic heterocycles. The standard InChI is InChI=1S/C17H19FN2O/c1-2-11-20(16-6-4-3-5-15(16)19)17(21)12-13-7-9-14(18)10-8-13/h3-10H,2,11-12,19H2,1H3. The Morgan fingerprint density at radius 2 is 1.81 bits per heavy atom. The molecule has 2 rings (SSSR count). The summed E-state index contributed by atoms with van der Waals surface area (Å²) in [6, 6.07) is 13.3. The number of benzene rings is 2. The molecule has 0 unspecified atom stereocenters. The number of carbonyl (C=O) groups excluding carboxylic acids is 1. The maximum atomic E-state index is 12.9. The minimum absolute atomic E-state index is 0.0404. The fourth-order valence-electron chi connectivity index (χ4n) is 2.21. The number of nitrogens with two attached hydrogens (primary N) is 1. The second kappa shape index (κ2) is 6.88. The van der Waals surface area contributed by atoms with E-state index in [9.17, 15) is 9.18 Å². The number of para-hydroxylation sites is 2. The average Bonchev–Trinajstić information content (AvgIpc) is 2.48. The number of amides is 1. The fourth-order valence-corrected chi connectivity index (χ4v) is 2.21. The predicted molar refractivity (Wildman–Crippen MR) is 83.6 cm³/mol.